The molecule has 0 radical (unpaired) electrons. The first-order valence-corrected chi connectivity index (χ1v) is 7.24. The average molecular weight is 282 g/mol. The standard InChI is InChI=1S/C12H14N2O4S/c1-2-3-6-9-13-19(17,18)10-11-7-4-5-8-12(11)14(15)16/h1,4-5,7-8,13H,3,6,9-10H2. The van der Waals surface area contributed by atoms with E-state index in [1.54, 1.807) is 6.07 Å². The van der Waals surface area contributed by atoms with Gasteiger partial charge in [-0.2, -0.15) is 0 Å². The maximum atomic E-state index is 11.8. The van der Waals surface area contributed by atoms with Crippen LogP contribution >= 0.6 is 0 Å². The molecule has 0 fully saturated rings. The number of hydrogen-bond donors (Lipinski definition) is 1. The zero-order valence-corrected chi connectivity index (χ0v) is 11.0. The van der Waals surface area contributed by atoms with E-state index in [0.29, 0.717) is 12.8 Å². The summed E-state index contributed by atoms with van der Waals surface area (Å²) in [5.74, 6) is 1.99. The van der Waals surface area contributed by atoms with Crippen LogP contribution in [-0.4, -0.2) is 19.9 Å². The van der Waals surface area contributed by atoms with E-state index >= 15 is 0 Å². The molecule has 1 aromatic carbocycles. The second-order valence-electron chi connectivity index (χ2n) is 3.85. The zero-order valence-electron chi connectivity index (χ0n) is 10.2. The quantitative estimate of drug-likeness (QED) is 0.354. The molecule has 0 unspecified atom stereocenters. The van der Waals surface area contributed by atoms with Crippen LogP contribution in [0.15, 0.2) is 24.3 Å². The molecule has 0 spiro atoms. The van der Waals surface area contributed by atoms with Crippen LogP contribution in [0, 0.1) is 22.5 Å². The molecule has 0 heterocycles. The third kappa shape index (κ3) is 5.07. The smallest absolute Gasteiger partial charge is 0.258 e. The maximum Gasteiger partial charge on any atom is 0.273 e. The largest absolute Gasteiger partial charge is 0.273 e. The van der Waals surface area contributed by atoms with Gasteiger partial charge in [0.25, 0.3) is 5.69 Å². The number of nitrogens with one attached hydrogen (secondary N) is 1. The third-order valence-corrected chi connectivity index (χ3v) is 3.69. The number of para-hydroxylation sites is 1. The summed E-state index contributed by atoms with van der Waals surface area (Å²) in [6.45, 7) is 0.229. The number of nitro groups is 1. The summed E-state index contributed by atoms with van der Waals surface area (Å²) in [7, 11) is -3.59. The molecule has 1 N–H and O–H groups in total. The minimum atomic E-state index is -3.59. The summed E-state index contributed by atoms with van der Waals surface area (Å²) in [5, 5.41) is 10.8. The van der Waals surface area contributed by atoms with Crippen molar-refractivity contribution in [2.24, 2.45) is 0 Å². The van der Waals surface area contributed by atoms with Crippen molar-refractivity contribution in [3.05, 3.63) is 39.9 Å². The van der Waals surface area contributed by atoms with Crippen LogP contribution in [0.1, 0.15) is 18.4 Å². The molecule has 0 saturated carbocycles. The van der Waals surface area contributed by atoms with Crippen molar-refractivity contribution in [3.63, 3.8) is 0 Å². The number of nitro benzene ring substituents is 1. The fourth-order valence-corrected chi connectivity index (χ4v) is 2.70. The Morgan fingerprint density at radius 2 is 2.05 bits per heavy atom. The fraction of sp³-hybridized carbons (Fsp3) is 0.333. The minimum Gasteiger partial charge on any atom is -0.258 e. The number of terminal acetylenes is 1. The first-order chi connectivity index (χ1) is 8.96. The van der Waals surface area contributed by atoms with Gasteiger partial charge in [0.15, 0.2) is 0 Å². The molecule has 0 aliphatic rings. The molecular formula is C12H14N2O4S. The number of rotatable bonds is 7. The second-order valence-corrected chi connectivity index (χ2v) is 5.65. The molecule has 102 valence electrons. The van der Waals surface area contributed by atoms with Gasteiger partial charge in [-0.05, 0) is 6.42 Å². The lowest BCUT2D eigenvalue weighted by molar-refractivity contribution is -0.385. The van der Waals surface area contributed by atoms with Gasteiger partial charge in [-0.3, -0.25) is 10.1 Å². The first-order valence-electron chi connectivity index (χ1n) is 5.59. The van der Waals surface area contributed by atoms with Gasteiger partial charge in [0.2, 0.25) is 10.0 Å². The van der Waals surface area contributed by atoms with E-state index in [9.17, 15) is 18.5 Å². The van der Waals surface area contributed by atoms with Gasteiger partial charge < -0.3 is 0 Å². The van der Waals surface area contributed by atoms with Gasteiger partial charge in [0.05, 0.1) is 10.7 Å². The Bertz CT molecular complexity index is 590. The summed E-state index contributed by atoms with van der Waals surface area (Å²) in [6.07, 6.45) is 6.07. The lowest BCUT2D eigenvalue weighted by Gasteiger charge is -2.06. The van der Waals surface area contributed by atoms with Gasteiger partial charge in [-0.25, -0.2) is 13.1 Å². The van der Waals surface area contributed by atoms with Crippen LogP contribution < -0.4 is 4.72 Å². The van der Waals surface area contributed by atoms with E-state index in [2.05, 4.69) is 10.6 Å². The van der Waals surface area contributed by atoms with Crippen LogP contribution in [0.2, 0.25) is 0 Å². The van der Waals surface area contributed by atoms with Gasteiger partial charge in [-0.15, -0.1) is 12.3 Å². The highest BCUT2D eigenvalue weighted by Crippen LogP contribution is 2.19. The monoisotopic (exact) mass is 282 g/mol. The zero-order chi connectivity index (χ0) is 14.3. The molecule has 1 aromatic rings. The Hall–Kier alpha value is -1.91. The molecule has 0 aromatic heterocycles. The van der Waals surface area contributed by atoms with E-state index in [1.807, 2.05) is 0 Å². The fourth-order valence-electron chi connectivity index (χ4n) is 1.48. The number of nitrogens with zero attached hydrogens (tertiary/aromatic N) is 1. The molecule has 6 nitrogen and oxygen atoms in total. The van der Waals surface area contributed by atoms with Crippen LogP contribution in [-0.2, 0) is 15.8 Å². The summed E-state index contributed by atoms with van der Waals surface area (Å²) in [5.41, 5.74) is -0.0338. The highest BCUT2D eigenvalue weighted by molar-refractivity contribution is 7.88. The Balaban J connectivity index is 2.73. The number of hydrogen-bond acceptors (Lipinski definition) is 4. The summed E-state index contributed by atoms with van der Waals surface area (Å²) in [4.78, 5) is 10.2. The Morgan fingerprint density at radius 3 is 2.68 bits per heavy atom. The predicted octanol–water partition coefficient (Wildman–Crippen LogP) is 1.43. The molecule has 0 atom stereocenters. The molecule has 1 rings (SSSR count). The summed E-state index contributed by atoms with van der Waals surface area (Å²) < 4.78 is 25.9. The first kappa shape index (κ1) is 15.1. The van der Waals surface area contributed by atoms with Crippen LogP contribution in [0.5, 0.6) is 0 Å². The summed E-state index contributed by atoms with van der Waals surface area (Å²) in [6, 6.07) is 5.77. The third-order valence-electron chi connectivity index (χ3n) is 2.35. The highest BCUT2D eigenvalue weighted by Gasteiger charge is 2.19. The minimum absolute atomic E-state index is 0.164. The topological polar surface area (TPSA) is 89.3 Å². The van der Waals surface area contributed by atoms with Crippen molar-refractivity contribution in [3.8, 4) is 12.3 Å². The molecule has 0 aliphatic carbocycles. The number of benzene rings is 1. The Morgan fingerprint density at radius 1 is 1.37 bits per heavy atom. The lowest BCUT2D eigenvalue weighted by atomic mass is 10.2. The molecule has 7 heteroatoms. The van der Waals surface area contributed by atoms with Crippen molar-refractivity contribution < 1.29 is 13.3 Å². The maximum absolute atomic E-state index is 11.8. The van der Waals surface area contributed by atoms with Gasteiger partial charge in [0.1, 0.15) is 0 Å². The average Bonchev–Trinajstić information content (AvgIpc) is 2.34. The van der Waals surface area contributed by atoms with Crippen molar-refractivity contribution in [1.29, 1.82) is 0 Å². The van der Waals surface area contributed by atoms with Crippen LogP contribution in [0.25, 0.3) is 0 Å². The van der Waals surface area contributed by atoms with E-state index in [0.717, 1.165) is 0 Å². The molecule has 19 heavy (non-hydrogen) atoms. The SMILES string of the molecule is C#CCCCNS(=O)(=O)Cc1ccccc1[N+](=O)[O-]. The van der Waals surface area contributed by atoms with Crippen LogP contribution in [0.4, 0.5) is 5.69 Å². The summed E-state index contributed by atoms with van der Waals surface area (Å²) >= 11 is 0. The van der Waals surface area contributed by atoms with Gasteiger partial charge in [-0.1, -0.05) is 18.2 Å². The van der Waals surface area contributed by atoms with Crippen molar-refractivity contribution in [2.75, 3.05) is 6.54 Å². The highest BCUT2D eigenvalue weighted by atomic mass is 32.2. The Kier molecular flexibility index (Phi) is 5.48. The molecule has 0 bridgehead atoms. The second kappa shape index (κ2) is 6.87. The number of unbranched alkanes of at least 4 members (excludes halogenated alkanes) is 1. The van der Waals surface area contributed by atoms with Crippen molar-refractivity contribution in [1.82, 2.24) is 4.72 Å². The molecule has 0 saturated heterocycles. The van der Waals surface area contributed by atoms with Crippen molar-refractivity contribution >= 4 is 15.7 Å². The molecule has 0 amide bonds. The predicted molar refractivity (Wildman–Crippen MR) is 71.8 cm³/mol. The molecule has 0 aliphatic heterocycles. The van der Waals surface area contributed by atoms with E-state index in [4.69, 9.17) is 6.42 Å². The number of sulfonamides is 1. The Labute approximate surface area is 112 Å². The van der Waals surface area contributed by atoms with E-state index in [1.165, 1.54) is 18.2 Å². The lowest BCUT2D eigenvalue weighted by Crippen LogP contribution is -2.26. The van der Waals surface area contributed by atoms with Gasteiger partial charge >= 0.3 is 0 Å². The van der Waals surface area contributed by atoms with E-state index in [-0.39, 0.29) is 17.8 Å². The normalized spacial score (nSPS) is 10.9. The van der Waals surface area contributed by atoms with Crippen molar-refractivity contribution in [2.45, 2.75) is 18.6 Å². The van der Waals surface area contributed by atoms with Gasteiger partial charge in [0, 0.05) is 24.6 Å². The van der Waals surface area contributed by atoms with Crippen LogP contribution in [0.3, 0.4) is 0 Å². The van der Waals surface area contributed by atoms with E-state index < -0.39 is 20.7 Å². The molecular weight excluding hydrogens is 268 g/mol.